The molecule has 0 atom stereocenters. The van der Waals surface area contributed by atoms with E-state index in [1.165, 1.54) is 12.1 Å². The number of halogens is 3. The van der Waals surface area contributed by atoms with Gasteiger partial charge in [0, 0.05) is 6.07 Å². The Morgan fingerprint density at radius 1 is 1.12 bits per heavy atom. The predicted molar refractivity (Wildman–Crippen MR) is 96.5 cm³/mol. The first-order valence-corrected chi connectivity index (χ1v) is 8.27. The molecule has 2 aromatic carbocycles. The van der Waals surface area contributed by atoms with Gasteiger partial charge in [-0.1, -0.05) is 47.5 Å². The van der Waals surface area contributed by atoms with E-state index in [0.29, 0.717) is 22.4 Å². The van der Waals surface area contributed by atoms with Crippen LogP contribution in [0.15, 0.2) is 54.7 Å². The van der Waals surface area contributed by atoms with E-state index < -0.39 is 0 Å². The number of nitrogens with one attached hydrogen (secondary N) is 1. The SMILES string of the molecule is O=C(Cc1ccc(F)cc1)Nc1ccnn1Cc1cccc(Cl)c1Cl. The molecule has 1 aromatic heterocycles. The van der Waals surface area contributed by atoms with Crippen molar-refractivity contribution in [1.82, 2.24) is 9.78 Å². The van der Waals surface area contributed by atoms with Crippen LogP contribution in [0.3, 0.4) is 0 Å². The molecule has 1 heterocycles. The number of hydrogen-bond donors (Lipinski definition) is 1. The fraction of sp³-hybridized carbons (Fsp3) is 0.111. The molecule has 128 valence electrons. The van der Waals surface area contributed by atoms with Crippen molar-refractivity contribution in [3.8, 4) is 0 Å². The van der Waals surface area contributed by atoms with Crippen LogP contribution in [0.2, 0.25) is 10.0 Å². The van der Waals surface area contributed by atoms with E-state index in [1.54, 1.807) is 41.2 Å². The lowest BCUT2D eigenvalue weighted by molar-refractivity contribution is -0.115. The number of amides is 1. The Labute approximate surface area is 154 Å². The highest BCUT2D eigenvalue weighted by Gasteiger charge is 2.11. The van der Waals surface area contributed by atoms with Gasteiger partial charge >= 0.3 is 0 Å². The van der Waals surface area contributed by atoms with Gasteiger partial charge in [-0.2, -0.15) is 5.10 Å². The standard InChI is InChI=1S/C18H14Cl2FN3O/c19-15-3-1-2-13(18(15)20)11-24-16(8-9-22-24)23-17(25)10-12-4-6-14(21)7-5-12/h1-9H,10-11H2,(H,23,25). The van der Waals surface area contributed by atoms with E-state index in [-0.39, 0.29) is 18.1 Å². The summed E-state index contributed by atoms with van der Waals surface area (Å²) in [5, 5.41) is 7.93. The Morgan fingerprint density at radius 3 is 2.64 bits per heavy atom. The summed E-state index contributed by atoms with van der Waals surface area (Å²) in [6, 6.07) is 12.9. The monoisotopic (exact) mass is 377 g/mol. The van der Waals surface area contributed by atoms with Crippen LogP contribution in [0, 0.1) is 5.82 Å². The Balaban J connectivity index is 1.70. The van der Waals surface area contributed by atoms with Gasteiger partial charge in [0.2, 0.25) is 5.91 Å². The molecule has 3 aromatic rings. The van der Waals surface area contributed by atoms with Crippen LogP contribution in [-0.4, -0.2) is 15.7 Å². The summed E-state index contributed by atoms with van der Waals surface area (Å²) in [5.74, 6) is -0.00524. The largest absolute Gasteiger partial charge is 0.311 e. The predicted octanol–water partition coefficient (Wildman–Crippen LogP) is 4.56. The molecule has 25 heavy (non-hydrogen) atoms. The molecule has 0 spiro atoms. The fourth-order valence-corrected chi connectivity index (χ4v) is 2.75. The summed E-state index contributed by atoms with van der Waals surface area (Å²) >= 11 is 12.2. The number of rotatable bonds is 5. The molecule has 3 rings (SSSR count). The summed E-state index contributed by atoms with van der Waals surface area (Å²) in [6.45, 7) is 0.374. The Hall–Kier alpha value is -2.37. The van der Waals surface area contributed by atoms with Crippen LogP contribution in [-0.2, 0) is 17.8 Å². The first-order chi connectivity index (χ1) is 12.0. The van der Waals surface area contributed by atoms with Crippen molar-refractivity contribution in [2.75, 3.05) is 5.32 Å². The van der Waals surface area contributed by atoms with Crippen molar-refractivity contribution < 1.29 is 9.18 Å². The minimum absolute atomic E-state index is 0.142. The molecule has 0 unspecified atom stereocenters. The first kappa shape index (κ1) is 17.5. The molecule has 0 radical (unpaired) electrons. The summed E-state index contributed by atoms with van der Waals surface area (Å²) in [5.41, 5.74) is 1.52. The smallest absolute Gasteiger partial charge is 0.229 e. The molecular weight excluding hydrogens is 364 g/mol. The fourth-order valence-electron chi connectivity index (χ4n) is 2.37. The molecule has 1 amide bonds. The van der Waals surface area contributed by atoms with Crippen LogP contribution in [0.4, 0.5) is 10.2 Å². The summed E-state index contributed by atoms with van der Waals surface area (Å²) < 4.78 is 14.5. The zero-order valence-corrected chi connectivity index (χ0v) is 14.6. The third kappa shape index (κ3) is 4.38. The number of benzene rings is 2. The number of nitrogens with zero attached hydrogens (tertiary/aromatic N) is 2. The molecule has 1 N–H and O–H groups in total. The van der Waals surface area contributed by atoms with Gasteiger partial charge in [0.25, 0.3) is 0 Å². The van der Waals surface area contributed by atoms with E-state index in [2.05, 4.69) is 10.4 Å². The minimum Gasteiger partial charge on any atom is -0.311 e. The van der Waals surface area contributed by atoms with Gasteiger partial charge in [0.1, 0.15) is 11.6 Å². The van der Waals surface area contributed by atoms with Gasteiger partial charge in [-0.3, -0.25) is 4.79 Å². The normalized spacial score (nSPS) is 10.7. The molecular formula is C18H14Cl2FN3O. The van der Waals surface area contributed by atoms with Crippen molar-refractivity contribution >= 4 is 34.9 Å². The molecule has 0 fully saturated rings. The third-order valence-corrected chi connectivity index (χ3v) is 4.47. The van der Waals surface area contributed by atoms with Gasteiger partial charge in [-0.05, 0) is 29.3 Å². The number of hydrogen-bond acceptors (Lipinski definition) is 2. The Bertz CT molecular complexity index is 894. The maximum atomic E-state index is 12.9. The van der Waals surface area contributed by atoms with Crippen molar-refractivity contribution in [2.24, 2.45) is 0 Å². The highest BCUT2D eigenvalue weighted by atomic mass is 35.5. The van der Waals surface area contributed by atoms with Gasteiger partial charge in [0.15, 0.2) is 0 Å². The van der Waals surface area contributed by atoms with Crippen LogP contribution in [0.5, 0.6) is 0 Å². The Morgan fingerprint density at radius 2 is 1.88 bits per heavy atom. The summed E-state index contributed by atoms with van der Waals surface area (Å²) in [4.78, 5) is 12.2. The topological polar surface area (TPSA) is 46.9 Å². The molecule has 7 heteroatoms. The average molecular weight is 378 g/mol. The van der Waals surface area contributed by atoms with E-state index in [0.717, 1.165) is 11.1 Å². The number of anilines is 1. The quantitative estimate of drug-likeness (QED) is 0.708. The highest BCUT2D eigenvalue weighted by Crippen LogP contribution is 2.26. The van der Waals surface area contributed by atoms with Crippen LogP contribution in [0.25, 0.3) is 0 Å². The van der Waals surface area contributed by atoms with E-state index in [1.807, 2.05) is 6.07 Å². The molecule has 0 saturated carbocycles. The van der Waals surface area contributed by atoms with Crippen LogP contribution >= 0.6 is 23.2 Å². The highest BCUT2D eigenvalue weighted by molar-refractivity contribution is 6.42. The molecule has 0 aliphatic rings. The van der Waals surface area contributed by atoms with Crippen molar-refractivity contribution in [1.29, 1.82) is 0 Å². The van der Waals surface area contributed by atoms with E-state index >= 15 is 0 Å². The second-order valence-corrected chi connectivity index (χ2v) is 6.22. The summed E-state index contributed by atoms with van der Waals surface area (Å²) in [6.07, 6.45) is 1.73. The lowest BCUT2D eigenvalue weighted by atomic mass is 10.1. The van der Waals surface area contributed by atoms with Gasteiger partial charge < -0.3 is 5.32 Å². The lowest BCUT2D eigenvalue weighted by Gasteiger charge is -2.11. The van der Waals surface area contributed by atoms with Gasteiger partial charge in [-0.25, -0.2) is 9.07 Å². The second kappa shape index (κ2) is 7.68. The minimum atomic E-state index is -0.333. The zero-order chi connectivity index (χ0) is 17.8. The molecule has 4 nitrogen and oxygen atoms in total. The first-order valence-electron chi connectivity index (χ1n) is 7.52. The number of carbonyl (C=O) groups excluding carboxylic acids is 1. The molecule has 0 bridgehead atoms. The lowest BCUT2D eigenvalue weighted by Crippen LogP contribution is -2.18. The maximum absolute atomic E-state index is 12.9. The zero-order valence-electron chi connectivity index (χ0n) is 13.0. The van der Waals surface area contributed by atoms with E-state index in [4.69, 9.17) is 23.2 Å². The van der Waals surface area contributed by atoms with Gasteiger partial charge in [0.05, 0.1) is 29.2 Å². The van der Waals surface area contributed by atoms with Crippen molar-refractivity contribution in [2.45, 2.75) is 13.0 Å². The molecule has 0 aliphatic heterocycles. The molecule has 0 saturated heterocycles. The Kier molecular flexibility index (Phi) is 5.36. The maximum Gasteiger partial charge on any atom is 0.229 e. The average Bonchev–Trinajstić information content (AvgIpc) is 3.01. The summed E-state index contributed by atoms with van der Waals surface area (Å²) in [7, 11) is 0. The third-order valence-electron chi connectivity index (χ3n) is 3.61. The van der Waals surface area contributed by atoms with Gasteiger partial charge in [-0.15, -0.1) is 0 Å². The van der Waals surface area contributed by atoms with Crippen LogP contribution in [0.1, 0.15) is 11.1 Å². The van der Waals surface area contributed by atoms with Crippen LogP contribution < -0.4 is 5.32 Å². The van der Waals surface area contributed by atoms with Crippen molar-refractivity contribution in [3.63, 3.8) is 0 Å². The molecule has 0 aliphatic carbocycles. The second-order valence-electron chi connectivity index (χ2n) is 5.44. The number of aromatic nitrogens is 2. The number of carbonyl (C=O) groups is 1. The van der Waals surface area contributed by atoms with Crippen molar-refractivity contribution in [3.05, 3.63) is 81.7 Å². The van der Waals surface area contributed by atoms with E-state index in [9.17, 15) is 9.18 Å².